The van der Waals surface area contributed by atoms with Crippen LogP contribution in [-0.2, 0) is 6.18 Å². The number of rotatable bonds is 6. The number of H-pyrrole nitrogens is 1. The zero-order valence-electron chi connectivity index (χ0n) is 15.4. The number of nitro groups is 1. The van der Waals surface area contributed by atoms with E-state index in [2.05, 4.69) is 10.2 Å². The molecular weight excluding hydrogens is 445 g/mol. The first-order valence-electron chi connectivity index (χ1n) is 8.09. The summed E-state index contributed by atoms with van der Waals surface area (Å²) in [5, 5.41) is 18.0. The minimum absolute atomic E-state index is 0.0111. The van der Waals surface area contributed by atoms with Crippen molar-refractivity contribution in [2.75, 3.05) is 14.2 Å². The van der Waals surface area contributed by atoms with Gasteiger partial charge in [0.25, 0.3) is 0 Å². The highest BCUT2D eigenvalue weighted by Gasteiger charge is 2.31. The maximum Gasteiger partial charge on any atom is 0.416 e. The number of nitro benzene ring substituents is 1. The van der Waals surface area contributed by atoms with Gasteiger partial charge in [-0.2, -0.15) is 13.2 Å². The number of halogens is 3. The molecule has 1 heterocycles. The van der Waals surface area contributed by atoms with Crippen molar-refractivity contribution in [1.82, 2.24) is 14.8 Å². The van der Waals surface area contributed by atoms with E-state index in [0.717, 1.165) is 23.9 Å². The number of methoxy groups -OCH3 is 2. The molecule has 0 spiro atoms. The van der Waals surface area contributed by atoms with Crippen LogP contribution < -0.4 is 9.47 Å². The van der Waals surface area contributed by atoms with E-state index >= 15 is 0 Å². The van der Waals surface area contributed by atoms with Crippen molar-refractivity contribution in [2.24, 2.45) is 0 Å². The average molecular weight is 458 g/mol. The number of ether oxygens (including phenoxy) is 2. The third kappa shape index (κ3) is 4.26. The molecule has 0 radical (unpaired) electrons. The number of nitrogens with one attached hydrogen (secondary N) is 1. The van der Waals surface area contributed by atoms with Crippen LogP contribution in [0, 0.1) is 14.9 Å². The zero-order valence-corrected chi connectivity index (χ0v) is 17.0. The van der Waals surface area contributed by atoms with Crippen molar-refractivity contribution in [2.45, 2.75) is 16.2 Å². The van der Waals surface area contributed by atoms with Crippen LogP contribution in [0.4, 0.5) is 18.9 Å². The minimum atomic E-state index is -4.52. The highest BCUT2D eigenvalue weighted by Crippen LogP contribution is 2.42. The second-order valence-corrected chi connectivity index (χ2v) is 7.12. The van der Waals surface area contributed by atoms with Crippen LogP contribution in [0.3, 0.4) is 0 Å². The van der Waals surface area contributed by atoms with Gasteiger partial charge in [-0.1, -0.05) is 6.07 Å². The molecule has 0 saturated carbocycles. The van der Waals surface area contributed by atoms with Gasteiger partial charge in [0.15, 0.2) is 10.9 Å². The maximum atomic E-state index is 13.1. The summed E-state index contributed by atoms with van der Waals surface area (Å²) in [5.74, 6) is 0.153. The van der Waals surface area contributed by atoms with E-state index in [9.17, 15) is 23.3 Å². The van der Waals surface area contributed by atoms with Gasteiger partial charge in [0.05, 0.1) is 41.4 Å². The molecule has 8 nitrogen and oxygen atoms in total. The first kappa shape index (κ1) is 21.6. The molecule has 158 valence electrons. The molecular formula is C17H13F3N4O4S2. The van der Waals surface area contributed by atoms with Crippen molar-refractivity contribution < 1.29 is 27.6 Å². The summed E-state index contributed by atoms with van der Waals surface area (Å²) >= 11 is 6.17. The topological polar surface area (TPSA) is 95.2 Å². The smallest absolute Gasteiger partial charge is 0.416 e. The lowest BCUT2D eigenvalue weighted by atomic mass is 10.2. The summed E-state index contributed by atoms with van der Waals surface area (Å²) < 4.78 is 51.0. The second kappa shape index (κ2) is 8.36. The van der Waals surface area contributed by atoms with E-state index in [4.69, 9.17) is 21.7 Å². The van der Waals surface area contributed by atoms with Crippen LogP contribution in [0.1, 0.15) is 5.56 Å². The normalized spacial score (nSPS) is 11.4. The number of aromatic amines is 1. The van der Waals surface area contributed by atoms with Gasteiger partial charge < -0.3 is 9.47 Å². The van der Waals surface area contributed by atoms with Crippen LogP contribution in [0.5, 0.6) is 11.5 Å². The van der Waals surface area contributed by atoms with Gasteiger partial charge in [-0.25, -0.2) is 0 Å². The lowest BCUT2D eigenvalue weighted by Gasteiger charge is -2.12. The van der Waals surface area contributed by atoms with Gasteiger partial charge in [-0.05, 0) is 42.2 Å². The Morgan fingerprint density at radius 1 is 1.20 bits per heavy atom. The highest BCUT2D eigenvalue weighted by molar-refractivity contribution is 7.99. The molecule has 13 heteroatoms. The van der Waals surface area contributed by atoms with Crippen molar-refractivity contribution in [3.05, 3.63) is 56.8 Å². The Morgan fingerprint density at radius 2 is 1.90 bits per heavy atom. The molecule has 0 amide bonds. The molecule has 0 aliphatic rings. The fraction of sp³-hybridized carbons (Fsp3) is 0.176. The third-order valence-electron chi connectivity index (χ3n) is 3.94. The van der Waals surface area contributed by atoms with Crippen LogP contribution in [-0.4, -0.2) is 33.9 Å². The Bertz CT molecular complexity index is 1160. The lowest BCUT2D eigenvalue weighted by molar-refractivity contribution is -0.385. The molecule has 1 N–H and O–H groups in total. The van der Waals surface area contributed by atoms with Crippen molar-refractivity contribution in [3.63, 3.8) is 0 Å². The fourth-order valence-electron chi connectivity index (χ4n) is 2.57. The predicted octanol–water partition coefficient (Wildman–Crippen LogP) is 5.03. The molecule has 0 atom stereocenters. The number of hydrogen-bond acceptors (Lipinski definition) is 7. The Morgan fingerprint density at radius 3 is 2.50 bits per heavy atom. The molecule has 30 heavy (non-hydrogen) atoms. The third-order valence-corrected chi connectivity index (χ3v) is 5.21. The van der Waals surface area contributed by atoms with E-state index in [-0.39, 0.29) is 32.8 Å². The van der Waals surface area contributed by atoms with E-state index in [1.165, 1.54) is 43.1 Å². The first-order valence-corrected chi connectivity index (χ1v) is 9.31. The first-order chi connectivity index (χ1) is 14.2. The number of benzene rings is 2. The van der Waals surface area contributed by atoms with Gasteiger partial charge in [0.1, 0.15) is 5.75 Å². The molecule has 0 bridgehead atoms. The summed E-state index contributed by atoms with van der Waals surface area (Å²) in [5.41, 5.74) is -0.983. The van der Waals surface area contributed by atoms with Crippen LogP contribution in [0.15, 0.2) is 46.5 Å². The number of alkyl halides is 3. The van der Waals surface area contributed by atoms with Gasteiger partial charge in [-0.3, -0.25) is 19.8 Å². The van der Waals surface area contributed by atoms with Gasteiger partial charge in [0, 0.05) is 6.07 Å². The fourth-order valence-corrected chi connectivity index (χ4v) is 3.85. The number of hydrogen-bond donors (Lipinski definition) is 1. The molecule has 0 aliphatic carbocycles. The monoisotopic (exact) mass is 458 g/mol. The Hall–Kier alpha value is -3.06. The summed E-state index contributed by atoms with van der Waals surface area (Å²) in [6.45, 7) is 0. The summed E-state index contributed by atoms with van der Waals surface area (Å²) in [7, 11) is 2.61. The number of aromatic nitrogens is 3. The van der Waals surface area contributed by atoms with Gasteiger partial charge >= 0.3 is 11.9 Å². The summed E-state index contributed by atoms with van der Waals surface area (Å²) in [6, 6.07) is 7.19. The van der Waals surface area contributed by atoms with E-state index in [0.29, 0.717) is 4.90 Å². The van der Waals surface area contributed by atoms with E-state index < -0.39 is 16.7 Å². The molecule has 3 aromatic rings. The lowest BCUT2D eigenvalue weighted by Crippen LogP contribution is -2.06. The Labute approximate surface area is 176 Å². The maximum absolute atomic E-state index is 13.1. The summed E-state index contributed by atoms with van der Waals surface area (Å²) in [6.07, 6.45) is -4.52. The molecule has 1 aromatic heterocycles. The highest BCUT2D eigenvalue weighted by atomic mass is 32.2. The van der Waals surface area contributed by atoms with E-state index in [1.807, 2.05) is 0 Å². The largest absolute Gasteiger partial charge is 0.495 e. The predicted molar refractivity (Wildman–Crippen MR) is 104 cm³/mol. The van der Waals surface area contributed by atoms with Gasteiger partial charge in [-0.15, -0.1) is 5.10 Å². The molecule has 0 aliphatic heterocycles. The molecule has 0 saturated heterocycles. The standard InChI is InChI=1S/C17H13F3N4O4S2/c1-27-12-8-14(13(28-2)7-11(12)24(25)26)30-16-22-21-15(29)23(16)10-5-3-4-9(6-10)17(18,19)20/h3-8H,1-2H3,(H,21,29). The second-order valence-electron chi connectivity index (χ2n) is 5.73. The quantitative estimate of drug-likeness (QED) is 0.315. The Balaban J connectivity index is 2.09. The number of nitrogens with zero attached hydrogens (tertiary/aromatic N) is 3. The van der Waals surface area contributed by atoms with Crippen molar-refractivity contribution >= 4 is 29.7 Å². The van der Waals surface area contributed by atoms with Crippen molar-refractivity contribution in [1.29, 1.82) is 0 Å². The van der Waals surface area contributed by atoms with Crippen molar-refractivity contribution in [3.8, 4) is 17.2 Å². The summed E-state index contributed by atoms with van der Waals surface area (Å²) in [4.78, 5) is 11.0. The Kier molecular flexibility index (Phi) is 6.03. The molecule has 2 aromatic carbocycles. The molecule has 3 rings (SSSR count). The SMILES string of the molecule is COc1cc([N+](=O)[O-])c(OC)cc1Sc1n[nH]c(=S)n1-c1cccc(C(F)(F)F)c1. The van der Waals surface area contributed by atoms with Crippen LogP contribution in [0.2, 0.25) is 0 Å². The molecule has 0 fully saturated rings. The van der Waals surface area contributed by atoms with E-state index in [1.54, 1.807) is 0 Å². The van der Waals surface area contributed by atoms with Gasteiger partial charge in [0.2, 0.25) is 4.77 Å². The molecule has 0 unspecified atom stereocenters. The average Bonchev–Trinajstić information content (AvgIpc) is 3.06. The zero-order chi connectivity index (χ0) is 22.1. The minimum Gasteiger partial charge on any atom is -0.495 e. The van der Waals surface area contributed by atoms with Crippen LogP contribution >= 0.6 is 24.0 Å². The van der Waals surface area contributed by atoms with Crippen LogP contribution in [0.25, 0.3) is 5.69 Å².